The van der Waals surface area contributed by atoms with Crippen LogP contribution in [0, 0.1) is 18.6 Å². The molecule has 5 rings (SSSR count). The van der Waals surface area contributed by atoms with Crippen LogP contribution in [0.25, 0.3) is 5.69 Å². The predicted octanol–water partition coefficient (Wildman–Crippen LogP) is 3.57. The summed E-state index contributed by atoms with van der Waals surface area (Å²) in [7, 11) is 0. The number of piperidine rings is 1. The highest BCUT2D eigenvalue weighted by atomic mass is 19.1. The number of aromatic nitrogens is 4. The fraction of sp³-hybridized carbons (Fsp3) is 0.409. The number of hydrogen-bond donors (Lipinski definition) is 1. The van der Waals surface area contributed by atoms with E-state index in [1.54, 1.807) is 0 Å². The molecule has 7 nitrogen and oxygen atoms in total. The molecule has 2 aliphatic heterocycles. The molecule has 0 bridgehead atoms. The van der Waals surface area contributed by atoms with Crippen LogP contribution in [0.2, 0.25) is 0 Å². The van der Waals surface area contributed by atoms with Crippen LogP contribution in [-0.4, -0.2) is 57.0 Å². The number of nitrogens with one attached hydrogen (secondary N) is 1. The van der Waals surface area contributed by atoms with E-state index >= 15 is 0 Å². The van der Waals surface area contributed by atoms with Gasteiger partial charge in [-0.25, -0.2) is 18.4 Å². The first-order valence-corrected chi connectivity index (χ1v) is 10.5. The third kappa shape index (κ3) is 4.42. The Hall–Kier alpha value is -2.91. The maximum atomic E-state index is 13.5. The molecule has 3 aromatic rings. The molecular formula is C22H24F2N6O. The van der Waals surface area contributed by atoms with Gasteiger partial charge in [-0.05, 0) is 62.7 Å². The molecule has 2 fully saturated rings. The molecular weight excluding hydrogens is 402 g/mol. The molecule has 2 aromatic heterocycles. The quantitative estimate of drug-likeness (QED) is 0.673. The fourth-order valence-electron chi connectivity index (χ4n) is 4.19. The van der Waals surface area contributed by atoms with E-state index in [0.29, 0.717) is 23.7 Å². The van der Waals surface area contributed by atoms with Gasteiger partial charge >= 0.3 is 0 Å². The third-order valence-corrected chi connectivity index (χ3v) is 5.92. The lowest BCUT2D eigenvalue weighted by Crippen LogP contribution is -2.51. The summed E-state index contributed by atoms with van der Waals surface area (Å²) in [5.41, 5.74) is 2.44. The first-order chi connectivity index (χ1) is 15.0. The Morgan fingerprint density at radius 3 is 2.45 bits per heavy atom. The van der Waals surface area contributed by atoms with E-state index in [2.05, 4.69) is 26.4 Å². The molecule has 0 atom stereocenters. The van der Waals surface area contributed by atoms with Gasteiger partial charge in [0.15, 0.2) is 0 Å². The average Bonchev–Trinajstić information content (AvgIpc) is 3.14. The third-order valence-electron chi connectivity index (χ3n) is 5.92. The van der Waals surface area contributed by atoms with Crippen molar-refractivity contribution in [2.75, 3.05) is 31.6 Å². The van der Waals surface area contributed by atoms with Crippen LogP contribution in [0.3, 0.4) is 0 Å². The van der Waals surface area contributed by atoms with Crippen LogP contribution in [-0.2, 0) is 4.74 Å². The zero-order chi connectivity index (χ0) is 21.4. The summed E-state index contributed by atoms with van der Waals surface area (Å²) in [5, 5.41) is 7.40. The van der Waals surface area contributed by atoms with Crippen LogP contribution in [0.4, 0.5) is 20.5 Å². The molecule has 0 unspecified atom stereocenters. The maximum absolute atomic E-state index is 13.5. The minimum absolute atomic E-state index is 0.263. The van der Waals surface area contributed by atoms with Crippen molar-refractivity contribution in [2.45, 2.75) is 31.7 Å². The Kier molecular flexibility index (Phi) is 5.37. The van der Waals surface area contributed by atoms with E-state index in [1.165, 1.54) is 23.1 Å². The number of hydrogen-bond acceptors (Lipinski definition) is 6. The molecule has 0 aliphatic carbocycles. The van der Waals surface area contributed by atoms with Crippen LogP contribution >= 0.6 is 0 Å². The Morgan fingerprint density at radius 1 is 1.03 bits per heavy atom. The lowest BCUT2D eigenvalue weighted by molar-refractivity contribution is -0.0713. The van der Waals surface area contributed by atoms with Crippen LogP contribution < -0.4 is 5.32 Å². The number of nitrogens with zero attached hydrogens (tertiary/aromatic N) is 5. The Bertz CT molecular complexity index is 1060. The van der Waals surface area contributed by atoms with E-state index in [1.807, 2.05) is 13.0 Å². The van der Waals surface area contributed by atoms with Crippen molar-refractivity contribution in [2.24, 2.45) is 0 Å². The number of benzene rings is 1. The average molecular weight is 426 g/mol. The van der Waals surface area contributed by atoms with E-state index in [4.69, 9.17) is 9.72 Å². The van der Waals surface area contributed by atoms with Crippen molar-refractivity contribution in [1.29, 1.82) is 0 Å². The monoisotopic (exact) mass is 426 g/mol. The van der Waals surface area contributed by atoms with Gasteiger partial charge in [-0.15, -0.1) is 5.10 Å². The number of likely N-dealkylation sites (tertiary alicyclic amines) is 1. The number of rotatable bonds is 5. The Labute approximate surface area is 179 Å². The van der Waals surface area contributed by atoms with Crippen molar-refractivity contribution in [3.63, 3.8) is 0 Å². The summed E-state index contributed by atoms with van der Waals surface area (Å²) in [5.74, 6) is 0.0572. The topological polar surface area (TPSA) is 68.1 Å². The van der Waals surface area contributed by atoms with Gasteiger partial charge in [0.25, 0.3) is 0 Å². The first kappa shape index (κ1) is 20.0. The second-order valence-electron chi connectivity index (χ2n) is 8.22. The highest BCUT2D eigenvalue weighted by molar-refractivity contribution is 5.50. The zero-order valence-electron chi connectivity index (χ0n) is 17.3. The van der Waals surface area contributed by atoms with Gasteiger partial charge in [0.1, 0.15) is 23.8 Å². The number of anilines is 2. The first-order valence-electron chi connectivity index (χ1n) is 10.5. The van der Waals surface area contributed by atoms with E-state index in [9.17, 15) is 8.78 Å². The van der Waals surface area contributed by atoms with Gasteiger partial charge in [0.2, 0.25) is 5.95 Å². The van der Waals surface area contributed by atoms with Gasteiger partial charge in [0, 0.05) is 17.7 Å². The summed E-state index contributed by atoms with van der Waals surface area (Å²) in [6.45, 7) is 5.87. The summed E-state index contributed by atoms with van der Waals surface area (Å²) < 4.78 is 33.6. The normalized spacial score (nSPS) is 18.2. The molecule has 0 amide bonds. The highest BCUT2D eigenvalue weighted by Gasteiger charge is 2.30. The van der Waals surface area contributed by atoms with E-state index in [0.717, 1.165) is 56.5 Å². The predicted molar refractivity (Wildman–Crippen MR) is 112 cm³/mol. The lowest BCUT2D eigenvalue weighted by atomic mass is 9.91. The second kappa shape index (κ2) is 8.32. The van der Waals surface area contributed by atoms with Crippen LogP contribution in [0.5, 0.6) is 0 Å². The van der Waals surface area contributed by atoms with Gasteiger partial charge in [-0.3, -0.25) is 4.90 Å². The molecule has 2 saturated heterocycles. The number of pyridine rings is 1. The molecule has 9 heteroatoms. The van der Waals surface area contributed by atoms with Crippen molar-refractivity contribution in [3.8, 4) is 5.69 Å². The highest BCUT2D eigenvalue weighted by Crippen LogP contribution is 2.30. The lowest BCUT2D eigenvalue weighted by Gasteiger charge is -2.41. The summed E-state index contributed by atoms with van der Waals surface area (Å²) in [4.78, 5) is 11.5. The van der Waals surface area contributed by atoms with Gasteiger partial charge < -0.3 is 10.1 Å². The van der Waals surface area contributed by atoms with E-state index < -0.39 is 11.6 Å². The maximum Gasteiger partial charge on any atom is 0.248 e. The molecule has 1 aromatic carbocycles. The van der Waals surface area contributed by atoms with Crippen molar-refractivity contribution >= 4 is 11.8 Å². The molecule has 0 spiro atoms. The zero-order valence-corrected chi connectivity index (χ0v) is 17.3. The van der Waals surface area contributed by atoms with E-state index in [-0.39, 0.29) is 5.69 Å². The number of aryl methyl sites for hydroxylation is 1. The molecule has 0 radical (unpaired) electrons. The van der Waals surface area contributed by atoms with Crippen molar-refractivity contribution < 1.29 is 13.5 Å². The van der Waals surface area contributed by atoms with Gasteiger partial charge in [-0.2, -0.15) is 4.98 Å². The van der Waals surface area contributed by atoms with Gasteiger partial charge in [-0.1, -0.05) is 0 Å². The molecule has 1 N–H and O–H groups in total. The molecule has 4 heterocycles. The summed E-state index contributed by atoms with van der Waals surface area (Å²) in [6.07, 6.45) is 3.56. The molecule has 0 saturated carbocycles. The molecule has 2 aliphatic rings. The minimum atomic E-state index is -0.666. The van der Waals surface area contributed by atoms with Crippen molar-refractivity contribution in [1.82, 2.24) is 24.6 Å². The van der Waals surface area contributed by atoms with Crippen molar-refractivity contribution in [3.05, 3.63) is 59.6 Å². The SMILES string of the molecule is Cc1cc(Nc2ncn(-c3cc(F)cc(F)c3)n2)nc(C2CCN(C3COC3)CC2)c1. The Balaban J connectivity index is 1.29. The second-order valence-corrected chi connectivity index (χ2v) is 8.22. The molecule has 31 heavy (non-hydrogen) atoms. The number of halogens is 2. The smallest absolute Gasteiger partial charge is 0.248 e. The molecule has 162 valence electrons. The number of ether oxygens (including phenoxy) is 1. The fourth-order valence-corrected chi connectivity index (χ4v) is 4.19. The summed E-state index contributed by atoms with van der Waals surface area (Å²) in [6, 6.07) is 7.88. The summed E-state index contributed by atoms with van der Waals surface area (Å²) >= 11 is 0. The van der Waals surface area contributed by atoms with Gasteiger partial charge in [0.05, 0.1) is 24.9 Å². The Morgan fingerprint density at radius 2 is 1.77 bits per heavy atom. The van der Waals surface area contributed by atoms with Crippen LogP contribution in [0.15, 0.2) is 36.7 Å². The minimum Gasteiger partial charge on any atom is -0.378 e. The standard InChI is InChI=1S/C22H24F2N6O/c1-14-6-20(15-2-4-29(5-3-15)19-11-31-12-19)26-21(7-14)27-22-25-13-30(28-22)18-9-16(23)8-17(24)10-18/h6-10,13,15,19H,2-5,11-12H2,1H3,(H,26,27,28). The van der Waals surface area contributed by atoms with Crippen LogP contribution in [0.1, 0.15) is 30.0 Å². The largest absolute Gasteiger partial charge is 0.378 e.